The lowest BCUT2D eigenvalue weighted by Gasteiger charge is -2.29. The number of carbonyl (C=O) groups is 12. The van der Waals surface area contributed by atoms with Gasteiger partial charge in [-0.3, -0.25) is 62.7 Å². The molecule has 11 amide bonds. The number of hydrogen-bond acceptors (Lipinski definition) is 17. The number of hydrogen-bond donors (Lipinski definition) is 19. The van der Waals surface area contributed by atoms with Gasteiger partial charge in [-0.2, -0.15) is 0 Å². The van der Waals surface area contributed by atoms with E-state index in [1.165, 1.54) is 0 Å². The number of nitrogens with two attached hydrogens (primary N) is 9. The second-order valence-electron chi connectivity index (χ2n) is 21.8. The third kappa shape index (κ3) is 34.4. The predicted octanol–water partition coefficient (Wildman–Crippen LogP) is -6.35. The van der Waals surface area contributed by atoms with E-state index in [1.54, 1.807) is 27.7 Å². The third-order valence-corrected chi connectivity index (χ3v) is 12.7. The van der Waals surface area contributed by atoms with Crippen molar-refractivity contribution in [2.24, 2.45) is 79.3 Å². The first-order valence-corrected chi connectivity index (χ1v) is 28.6. The molecule has 33 heteroatoms. The van der Waals surface area contributed by atoms with Gasteiger partial charge in [0.1, 0.15) is 48.3 Å². The van der Waals surface area contributed by atoms with Crippen molar-refractivity contribution in [1.82, 2.24) is 47.9 Å². The Bertz CT molecular complexity index is 2260. The first-order valence-electron chi connectivity index (χ1n) is 28.6. The number of carboxylic acid groups (broad SMARTS) is 1. The highest BCUT2D eigenvalue weighted by atomic mass is 16.4. The molecule has 0 aliphatic rings. The van der Waals surface area contributed by atoms with Gasteiger partial charge in [0.2, 0.25) is 65.0 Å². The van der Waals surface area contributed by atoms with Crippen molar-refractivity contribution in [3.05, 3.63) is 0 Å². The summed E-state index contributed by atoms with van der Waals surface area (Å²) in [7, 11) is 0. The Balaban J connectivity index is 6.71. The smallest absolute Gasteiger partial charge is 0.326 e. The lowest BCUT2D eigenvalue weighted by Crippen LogP contribution is -2.61. The first kappa shape index (κ1) is 77.1. The van der Waals surface area contributed by atoms with Crippen LogP contribution < -0.4 is 99.5 Å². The molecule has 0 saturated carbocycles. The van der Waals surface area contributed by atoms with E-state index in [1.807, 2.05) is 13.8 Å². The summed E-state index contributed by atoms with van der Waals surface area (Å²) >= 11 is 0. The van der Waals surface area contributed by atoms with Crippen LogP contribution in [0, 0.1) is 17.8 Å². The molecule has 0 unspecified atom stereocenters. The maximum Gasteiger partial charge on any atom is 0.326 e. The second kappa shape index (κ2) is 42.0. The van der Waals surface area contributed by atoms with Gasteiger partial charge in [-0.25, -0.2) is 4.79 Å². The standard InChI is InChI=1S/C52H98N20O13/c1-27(2)23-35(70-42(76)30(55)13-11-21-62-51(58)59)43(77)64-26-40(75)65-36(24-28(3)4)47(81)67-33(17-18-38(56)73)46(80)72-41(29(5)6)49(83)68-32(16-12-22-63-52(60)61)44(78)66-31(14-7-9-19-53)45(79)71-37(25-39(57)74)48(82)69-34(50(84)85)15-8-10-20-54/h27-37,41H,7-26,53-55H2,1-6H3,(H2,56,73)(H2,57,74)(H,64,77)(H,65,75)(H,66,78)(H,67,81)(H,68,83)(H,69,82)(H,70,76)(H,71,79)(H,72,80)(H,84,85)(H4,58,59,62)(H4,60,61,63)/t30-,31-,32-,33-,34-,35-,36-,37-,41-/m0/s1. The van der Waals surface area contributed by atoms with Gasteiger partial charge in [0.25, 0.3) is 0 Å². The Morgan fingerprint density at radius 2 is 0.824 bits per heavy atom. The molecule has 484 valence electrons. The molecular weight excluding hydrogens is 1110 g/mol. The number of amides is 11. The molecule has 28 N–H and O–H groups in total. The predicted molar refractivity (Wildman–Crippen MR) is 316 cm³/mol. The van der Waals surface area contributed by atoms with Crippen LogP contribution in [0.25, 0.3) is 0 Å². The zero-order chi connectivity index (χ0) is 64.9. The van der Waals surface area contributed by atoms with E-state index in [0.717, 1.165) is 0 Å². The number of aliphatic imine (C=N–C) groups is 2. The van der Waals surface area contributed by atoms with Gasteiger partial charge in [-0.15, -0.1) is 0 Å². The first-order chi connectivity index (χ1) is 39.8. The van der Waals surface area contributed by atoms with E-state index in [-0.39, 0.29) is 108 Å². The number of carbonyl (C=O) groups excluding carboxylic acids is 11. The van der Waals surface area contributed by atoms with E-state index >= 15 is 0 Å². The van der Waals surface area contributed by atoms with Crippen molar-refractivity contribution in [1.29, 1.82) is 0 Å². The van der Waals surface area contributed by atoms with Crippen LogP contribution in [-0.4, -0.2) is 175 Å². The summed E-state index contributed by atoms with van der Waals surface area (Å²) in [4.78, 5) is 168. The van der Waals surface area contributed by atoms with Crippen LogP contribution in [0.4, 0.5) is 0 Å². The Labute approximate surface area is 496 Å². The van der Waals surface area contributed by atoms with Gasteiger partial charge in [-0.1, -0.05) is 41.5 Å². The van der Waals surface area contributed by atoms with Crippen LogP contribution in [0.15, 0.2) is 9.98 Å². The molecule has 0 bridgehead atoms. The monoisotopic (exact) mass is 1210 g/mol. The normalized spacial score (nSPS) is 14.3. The number of rotatable bonds is 45. The molecule has 9 atom stereocenters. The summed E-state index contributed by atoms with van der Waals surface area (Å²) in [6.45, 7) is 10.3. The van der Waals surface area contributed by atoms with E-state index in [0.29, 0.717) is 25.7 Å². The zero-order valence-electron chi connectivity index (χ0n) is 50.0. The van der Waals surface area contributed by atoms with Crippen molar-refractivity contribution >= 4 is 82.9 Å². The fourth-order valence-corrected chi connectivity index (χ4v) is 8.26. The summed E-state index contributed by atoms with van der Waals surface area (Å²) in [5.74, 6) is -12.5. The molecule has 0 aromatic heterocycles. The molecular formula is C52H98N20O13. The van der Waals surface area contributed by atoms with Gasteiger partial charge in [0, 0.05) is 19.5 Å². The molecule has 0 heterocycles. The zero-order valence-corrected chi connectivity index (χ0v) is 50.0. The maximum atomic E-state index is 14.3. The SMILES string of the molecule is CC(C)C[C@H](NC(=O)CNC(=O)[C@H](CC(C)C)NC(=O)[C@@H](N)CCCN=C(N)N)C(=O)N[C@@H](CCC(N)=O)C(=O)N[C@H](C(=O)N[C@@H](CCCN=C(N)N)C(=O)N[C@@H](CCCCN)C(=O)N[C@@H](CC(N)=O)C(=O)N[C@@H](CCCCN)C(=O)O)C(C)C. The Morgan fingerprint density at radius 1 is 0.424 bits per heavy atom. The van der Waals surface area contributed by atoms with Gasteiger partial charge in [0.15, 0.2) is 11.9 Å². The Hall–Kier alpha value is -7.94. The van der Waals surface area contributed by atoms with Gasteiger partial charge >= 0.3 is 5.97 Å². The molecule has 0 aromatic rings. The van der Waals surface area contributed by atoms with E-state index in [9.17, 15) is 62.6 Å². The molecule has 0 aromatic carbocycles. The largest absolute Gasteiger partial charge is 0.480 e. The van der Waals surface area contributed by atoms with Crippen LogP contribution in [0.5, 0.6) is 0 Å². The highest BCUT2D eigenvalue weighted by Gasteiger charge is 2.36. The number of nitrogens with zero attached hydrogens (tertiary/aromatic N) is 2. The van der Waals surface area contributed by atoms with Crippen LogP contribution in [0.1, 0.15) is 138 Å². The second-order valence-corrected chi connectivity index (χ2v) is 21.8. The Morgan fingerprint density at radius 3 is 1.28 bits per heavy atom. The number of nitrogens with one attached hydrogen (secondary N) is 9. The molecule has 0 spiro atoms. The highest BCUT2D eigenvalue weighted by Crippen LogP contribution is 2.13. The summed E-state index contributed by atoms with van der Waals surface area (Å²) in [6, 6.07) is -12.4. The van der Waals surface area contributed by atoms with Crippen LogP contribution in [-0.2, 0) is 57.5 Å². The molecule has 0 saturated heterocycles. The minimum atomic E-state index is -1.68. The lowest BCUT2D eigenvalue weighted by molar-refractivity contribution is -0.142. The molecule has 0 aliphatic heterocycles. The third-order valence-electron chi connectivity index (χ3n) is 12.7. The number of primary amides is 2. The van der Waals surface area contributed by atoms with Gasteiger partial charge in [0.05, 0.1) is 19.0 Å². The van der Waals surface area contributed by atoms with Crippen molar-refractivity contribution < 1.29 is 62.6 Å². The summed E-state index contributed by atoms with van der Waals surface area (Å²) in [6.07, 6.45) is 0.504. The van der Waals surface area contributed by atoms with Crippen molar-refractivity contribution in [3.8, 4) is 0 Å². The average molecular weight is 1210 g/mol. The van der Waals surface area contributed by atoms with Crippen molar-refractivity contribution in [3.63, 3.8) is 0 Å². The quantitative estimate of drug-likeness (QED) is 0.0153. The number of aliphatic carboxylic acids is 1. The molecule has 0 aliphatic carbocycles. The van der Waals surface area contributed by atoms with Crippen molar-refractivity contribution in [2.45, 2.75) is 192 Å². The molecule has 85 heavy (non-hydrogen) atoms. The van der Waals surface area contributed by atoms with Crippen molar-refractivity contribution in [2.75, 3.05) is 32.7 Å². The topological polar surface area (TPSA) is 592 Å². The van der Waals surface area contributed by atoms with E-state index < -0.39 is 151 Å². The minimum Gasteiger partial charge on any atom is -0.480 e. The number of carboxylic acids is 1. The highest BCUT2D eigenvalue weighted by molar-refractivity contribution is 5.99. The van der Waals surface area contributed by atoms with Crippen LogP contribution >= 0.6 is 0 Å². The van der Waals surface area contributed by atoms with Gasteiger partial charge < -0.3 is 105 Å². The maximum absolute atomic E-state index is 14.3. The van der Waals surface area contributed by atoms with Crippen LogP contribution in [0.2, 0.25) is 0 Å². The molecule has 0 radical (unpaired) electrons. The number of unbranched alkanes of at least 4 members (excludes halogenated alkanes) is 2. The minimum absolute atomic E-state index is 0.0162. The fourth-order valence-electron chi connectivity index (χ4n) is 8.26. The summed E-state index contributed by atoms with van der Waals surface area (Å²) in [5.41, 5.74) is 49.8. The van der Waals surface area contributed by atoms with E-state index in [2.05, 4.69) is 57.8 Å². The Kier molecular flexibility index (Phi) is 38.0. The average Bonchev–Trinajstić information content (AvgIpc) is 3.62. The van der Waals surface area contributed by atoms with E-state index in [4.69, 9.17) is 51.6 Å². The molecule has 0 fully saturated rings. The van der Waals surface area contributed by atoms with Gasteiger partial charge in [-0.05, 0) is 114 Å². The molecule has 0 rings (SSSR count). The number of guanidine groups is 2. The fraction of sp³-hybridized carbons (Fsp3) is 0.731. The lowest BCUT2D eigenvalue weighted by atomic mass is 9.99. The molecule has 33 nitrogen and oxygen atoms in total. The summed E-state index contributed by atoms with van der Waals surface area (Å²) < 4.78 is 0. The van der Waals surface area contributed by atoms with Crippen LogP contribution in [0.3, 0.4) is 0 Å². The summed E-state index contributed by atoms with van der Waals surface area (Å²) in [5, 5.41) is 32.4.